The highest BCUT2D eigenvalue weighted by atomic mass is 19.4. The number of nitrogens with zero attached hydrogens (tertiary/aromatic N) is 2. The lowest BCUT2D eigenvalue weighted by Crippen LogP contribution is -2.64. The lowest BCUT2D eigenvalue weighted by molar-refractivity contribution is -0.197. The van der Waals surface area contributed by atoms with Crippen molar-refractivity contribution >= 4 is 17.6 Å². The molecular weight excluding hydrogens is 359 g/mol. The van der Waals surface area contributed by atoms with Crippen LogP contribution in [0.25, 0.3) is 0 Å². The summed E-state index contributed by atoms with van der Waals surface area (Å²) in [6.45, 7) is 3.19. The standard InChI is InChI=1S/C19H22F3N3O2/c1-12-8-10-14(11-9-12)16(26)24-18(19(20,21)22)17(27)25(13(2)23-18)15-6-4-3-5-7-15/h8-11,15H,3-7H2,1-2H3,(H,24,26). The first-order valence-electron chi connectivity index (χ1n) is 9.02. The predicted octanol–water partition coefficient (Wildman–Crippen LogP) is 3.58. The first-order valence-corrected chi connectivity index (χ1v) is 9.02. The van der Waals surface area contributed by atoms with Crippen LogP contribution in [0.3, 0.4) is 0 Å². The molecule has 0 saturated heterocycles. The SMILES string of the molecule is CC1=NC(NC(=O)c2ccc(C)cc2)(C(F)(F)F)C(=O)N1C1CCCCC1. The molecule has 3 rings (SSSR count). The molecule has 2 aliphatic rings. The zero-order valence-electron chi connectivity index (χ0n) is 15.3. The summed E-state index contributed by atoms with van der Waals surface area (Å²) in [4.78, 5) is 30.1. The Morgan fingerprint density at radius 2 is 1.74 bits per heavy atom. The number of carbonyl (C=O) groups is 2. The second-order valence-corrected chi connectivity index (χ2v) is 7.15. The molecule has 1 N–H and O–H groups in total. The van der Waals surface area contributed by atoms with Gasteiger partial charge in [0.15, 0.2) is 0 Å². The molecule has 27 heavy (non-hydrogen) atoms. The molecule has 1 aromatic rings. The molecular formula is C19H22F3N3O2. The van der Waals surface area contributed by atoms with E-state index in [1.807, 2.05) is 5.32 Å². The van der Waals surface area contributed by atoms with E-state index in [1.54, 1.807) is 19.1 Å². The van der Waals surface area contributed by atoms with Gasteiger partial charge in [-0.15, -0.1) is 0 Å². The van der Waals surface area contributed by atoms with Gasteiger partial charge in [-0.1, -0.05) is 37.0 Å². The molecule has 1 aliphatic carbocycles. The van der Waals surface area contributed by atoms with Gasteiger partial charge >= 0.3 is 11.8 Å². The van der Waals surface area contributed by atoms with E-state index in [2.05, 4.69) is 4.99 Å². The van der Waals surface area contributed by atoms with Crippen molar-refractivity contribution < 1.29 is 22.8 Å². The fourth-order valence-corrected chi connectivity index (χ4v) is 3.71. The maximum atomic E-state index is 14.0. The van der Waals surface area contributed by atoms with Crippen LogP contribution in [0.2, 0.25) is 0 Å². The van der Waals surface area contributed by atoms with E-state index in [9.17, 15) is 22.8 Å². The van der Waals surface area contributed by atoms with E-state index in [4.69, 9.17) is 0 Å². The highest BCUT2D eigenvalue weighted by molar-refractivity contribution is 6.10. The molecule has 5 nitrogen and oxygen atoms in total. The molecule has 1 heterocycles. The molecule has 1 unspecified atom stereocenters. The number of aliphatic imine (C=N–C) groups is 1. The summed E-state index contributed by atoms with van der Waals surface area (Å²) in [6.07, 6.45) is -1.05. The first kappa shape index (κ1) is 19.4. The number of aryl methyl sites for hydroxylation is 1. The highest BCUT2D eigenvalue weighted by Gasteiger charge is 2.67. The quantitative estimate of drug-likeness (QED) is 0.870. The zero-order valence-corrected chi connectivity index (χ0v) is 15.3. The van der Waals surface area contributed by atoms with Crippen LogP contribution in [0, 0.1) is 6.92 Å². The van der Waals surface area contributed by atoms with Crippen molar-refractivity contribution in [3.05, 3.63) is 35.4 Å². The van der Waals surface area contributed by atoms with Gasteiger partial charge in [-0.25, -0.2) is 4.99 Å². The van der Waals surface area contributed by atoms with Crippen molar-refractivity contribution in [3.63, 3.8) is 0 Å². The average Bonchev–Trinajstić information content (AvgIpc) is 2.87. The van der Waals surface area contributed by atoms with Gasteiger partial charge in [0.25, 0.3) is 11.8 Å². The van der Waals surface area contributed by atoms with Crippen molar-refractivity contribution in [1.82, 2.24) is 10.2 Å². The van der Waals surface area contributed by atoms with Crippen LogP contribution in [-0.4, -0.2) is 40.4 Å². The summed E-state index contributed by atoms with van der Waals surface area (Å²) in [7, 11) is 0. The van der Waals surface area contributed by atoms with Crippen LogP contribution < -0.4 is 5.32 Å². The minimum absolute atomic E-state index is 0.00608. The summed E-state index contributed by atoms with van der Waals surface area (Å²) in [5, 5.41) is 1.87. The lowest BCUT2D eigenvalue weighted by Gasteiger charge is -2.34. The Balaban J connectivity index is 1.93. The van der Waals surface area contributed by atoms with Crippen LogP contribution in [0.4, 0.5) is 13.2 Å². The van der Waals surface area contributed by atoms with Gasteiger partial charge in [0.2, 0.25) is 0 Å². The molecule has 0 bridgehead atoms. The van der Waals surface area contributed by atoms with E-state index < -0.39 is 23.7 Å². The Bertz CT molecular complexity index is 767. The third-order valence-corrected chi connectivity index (χ3v) is 5.16. The molecule has 1 aliphatic heterocycles. The van der Waals surface area contributed by atoms with Gasteiger partial charge < -0.3 is 5.32 Å². The molecule has 0 aromatic heterocycles. The lowest BCUT2D eigenvalue weighted by atomic mass is 9.93. The summed E-state index contributed by atoms with van der Waals surface area (Å²) in [5.41, 5.74) is -2.36. The molecule has 146 valence electrons. The number of rotatable bonds is 3. The molecule has 2 amide bonds. The molecule has 1 atom stereocenters. The van der Waals surface area contributed by atoms with Crippen molar-refractivity contribution in [2.75, 3.05) is 0 Å². The van der Waals surface area contributed by atoms with E-state index in [0.29, 0.717) is 12.8 Å². The van der Waals surface area contributed by atoms with Crippen LogP contribution in [0.5, 0.6) is 0 Å². The number of hydrogen-bond donors (Lipinski definition) is 1. The summed E-state index contributed by atoms with van der Waals surface area (Å²) < 4.78 is 41.9. The van der Waals surface area contributed by atoms with Crippen LogP contribution in [-0.2, 0) is 4.79 Å². The Morgan fingerprint density at radius 1 is 1.15 bits per heavy atom. The third kappa shape index (κ3) is 3.44. The van der Waals surface area contributed by atoms with Crippen molar-refractivity contribution in [2.24, 2.45) is 4.99 Å². The minimum Gasteiger partial charge on any atom is -0.312 e. The number of amidine groups is 1. The second-order valence-electron chi connectivity index (χ2n) is 7.15. The maximum Gasteiger partial charge on any atom is 0.442 e. The smallest absolute Gasteiger partial charge is 0.312 e. The number of alkyl halides is 3. The molecule has 0 radical (unpaired) electrons. The number of amides is 2. The number of carbonyl (C=O) groups excluding carboxylic acids is 2. The molecule has 8 heteroatoms. The monoisotopic (exact) mass is 381 g/mol. The third-order valence-electron chi connectivity index (χ3n) is 5.16. The molecule has 1 saturated carbocycles. The highest BCUT2D eigenvalue weighted by Crippen LogP contribution is 2.39. The fraction of sp³-hybridized carbons (Fsp3) is 0.526. The Hall–Kier alpha value is -2.38. The van der Waals surface area contributed by atoms with Gasteiger partial charge in [0.1, 0.15) is 5.84 Å². The Kier molecular flexibility index (Phi) is 5.01. The van der Waals surface area contributed by atoms with Gasteiger partial charge in [-0.2, -0.15) is 13.2 Å². The summed E-state index contributed by atoms with van der Waals surface area (Å²) >= 11 is 0. The minimum atomic E-state index is -5.05. The van der Waals surface area contributed by atoms with E-state index in [1.165, 1.54) is 19.1 Å². The summed E-state index contributed by atoms with van der Waals surface area (Å²) in [5.74, 6) is -2.21. The number of benzene rings is 1. The number of hydrogen-bond acceptors (Lipinski definition) is 3. The van der Waals surface area contributed by atoms with Crippen LogP contribution >= 0.6 is 0 Å². The van der Waals surface area contributed by atoms with Crippen molar-refractivity contribution in [3.8, 4) is 0 Å². The molecule has 1 aromatic carbocycles. The average molecular weight is 381 g/mol. The topological polar surface area (TPSA) is 61.8 Å². The largest absolute Gasteiger partial charge is 0.442 e. The van der Waals surface area contributed by atoms with Gasteiger partial charge in [-0.05, 0) is 38.8 Å². The van der Waals surface area contributed by atoms with Gasteiger partial charge in [0.05, 0.1) is 0 Å². The number of nitrogens with one attached hydrogen (secondary N) is 1. The van der Waals surface area contributed by atoms with E-state index in [-0.39, 0.29) is 17.4 Å². The van der Waals surface area contributed by atoms with E-state index in [0.717, 1.165) is 29.7 Å². The molecule has 1 fully saturated rings. The zero-order chi connectivity index (χ0) is 19.8. The van der Waals surface area contributed by atoms with Crippen LogP contribution in [0.15, 0.2) is 29.3 Å². The molecule has 0 spiro atoms. The Morgan fingerprint density at radius 3 is 2.30 bits per heavy atom. The number of halogens is 3. The Labute approximate surface area is 155 Å². The van der Waals surface area contributed by atoms with Crippen molar-refractivity contribution in [2.45, 2.75) is 63.8 Å². The maximum absolute atomic E-state index is 14.0. The first-order chi connectivity index (χ1) is 12.7. The van der Waals surface area contributed by atoms with Gasteiger partial charge in [0, 0.05) is 11.6 Å². The normalized spacial score (nSPS) is 24.1. The second kappa shape index (κ2) is 6.98. The van der Waals surface area contributed by atoms with Gasteiger partial charge in [-0.3, -0.25) is 14.5 Å². The van der Waals surface area contributed by atoms with Crippen LogP contribution in [0.1, 0.15) is 54.9 Å². The van der Waals surface area contributed by atoms with E-state index >= 15 is 0 Å². The predicted molar refractivity (Wildman–Crippen MR) is 94.3 cm³/mol. The van der Waals surface area contributed by atoms with Crippen molar-refractivity contribution in [1.29, 1.82) is 0 Å². The fourth-order valence-electron chi connectivity index (χ4n) is 3.71. The summed E-state index contributed by atoms with van der Waals surface area (Å²) in [6, 6.07) is 5.77.